The molecular weight excluding hydrogens is 380 g/mol. The number of rotatable bonds is 3. The van der Waals surface area contributed by atoms with E-state index in [1.165, 1.54) is 6.26 Å². The van der Waals surface area contributed by atoms with Gasteiger partial charge in [0.25, 0.3) is 5.91 Å². The lowest BCUT2D eigenvalue weighted by atomic mass is 10.1. The first kappa shape index (κ1) is 15.8. The predicted molar refractivity (Wildman–Crippen MR) is 93.1 cm³/mol. The van der Waals surface area contributed by atoms with Crippen molar-refractivity contribution in [2.45, 2.75) is 4.90 Å². The molecule has 0 saturated heterocycles. The van der Waals surface area contributed by atoms with Crippen molar-refractivity contribution in [3.63, 3.8) is 0 Å². The number of primary amides is 1. The lowest BCUT2D eigenvalue weighted by Crippen LogP contribution is -2.11. The number of halogens is 1. The van der Waals surface area contributed by atoms with Crippen LogP contribution in [0.4, 0.5) is 0 Å². The van der Waals surface area contributed by atoms with Crippen LogP contribution in [0.1, 0.15) is 10.4 Å². The van der Waals surface area contributed by atoms with Crippen LogP contribution in [0, 0.1) is 0 Å². The molecule has 0 aliphatic carbocycles. The monoisotopic (exact) mass is 392 g/mol. The van der Waals surface area contributed by atoms with E-state index in [-0.39, 0.29) is 4.90 Å². The Bertz CT molecular complexity index is 1020. The molecule has 1 heterocycles. The molecule has 1 aromatic heterocycles. The molecule has 0 aliphatic heterocycles. The molecule has 0 radical (unpaired) electrons. The largest absolute Gasteiger partial charge is 0.366 e. The molecule has 3 N–H and O–H groups in total. The Kier molecular flexibility index (Phi) is 3.77. The van der Waals surface area contributed by atoms with Crippen LogP contribution in [0.15, 0.2) is 51.8 Å². The Morgan fingerprint density at radius 1 is 1.13 bits per heavy atom. The number of nitrogens with one attached hydrogen (secondary N) is 1. The zero-order valence-electron chi connectivity index (χ0n) is 12.1. The number of carbonyl (C=O) groups is 1. The average molecular weight is 393 g/mol. The van der Waals surface area contributed by atoms with Gasteiger partial charge < -0.3 is 10.7 Å². The number of nitrogens with two attached hydrogens (primary N) is 1. The van der Waals surface area contributed by atoms with Gasteiger partial charge in [-0.15, -0.1) is 0 Å². The molecule has 3 aromatic rings. The molecule has 0 fully saturated rings. The van der Waals surface area contributed by atoms with Crippen molar-refractivity contribution >= 4 is 42.6 Å². The van der Waals surface area contributed by atoms with Crippen LogP contribution < -0.4 is 5.73 Å². The van der Waals surface area contributed by atoms with Gasteiger partial charge in [-0.05, 0) is 35.9 Å². The van der Waals surface area contributed by atoms with Crippen molar-refractivity contribution in [1.82, 2.24) is 4.98 Å². The van der Waals surface area contributed by atoms with E-state index >= 15 is 0 Å². The van der Waals surface area contributed by atoms with Crippen LogP contribution in [0.5, 0.6) is 0 Å². The van der Waals surface area contributed by atoms with E-state index in [2.05, 4.69) is 20.9 Å². The maximum absolute atomic E-state index is 11.5. The van der Waals surface area contributed by atoms with Gasteiger partial charge in [-0.25, -0.2) is 8.42 Å². The minimum Gasteiger partial charge on any atom is -0.366 e. The number of hydrogen-bond acceptors (Lipinski definition) is 3. The van der Waals surface area contributed by atoms with Crippen LogP contribution in [-0.2, 0) is 9.84 Å². The first-order valence-corrected chi connectivity index (χ1v) is 9.37. The minimum atomic E-state index is -3.23. The van der Waals surface area contributed by atoms with Crippen LogP contribution in [0.3, 0.4) is 0 Å². The summed E-state index contributed by atoms with van der Waals surface area (Å²) >= 11 is 3.45. The molecule has 23 heavy (non-hydrogen) atoms. The lowest BCUT2D eigenvalue weighted by molar-refractivity contribution is 0.100. The third kappa shape index (κ3) is 2.89. The summed E-state index contributed by atoms with van der Waals surface area (Å²) in [5.74, 6) is -0.511. The van der Waals surface area contributed by atoms with Crippen LogP contribution in [0.25, 0.3) is 22.2 Å². The molecule has 7 heteroatoms. The van der Waals surface area contributed by atoms with Crippen LogP contribution >= 0.6 is 15.9 Å². The third-order valence-corrected chi connectivity index (χ3v) is 5.42. The fourth-order valence-electron chi connectivity index (χ4n) is 2.43. The summed E-state index contributed by atoms with van der Waals surface area (Å²) in [6, 6.07) is 11.9. The summed E-state index contributed by atoms with van der Waals surface area (Å²) in [5.41, 5.74) is 8.05. The Morgan fingerprint density at radius 2 is 1.78 bits per heavy atom. The molecule has 0 aliphatic rings. The number of sulfone groups is 1. The molecule has 118 valence electrons. The number of carbonyl (C=O) groups excluding carboxylic acids is 1. The number of H-pyrrole nitrogens is 1. The van der Waals surface area contributed by atoms with E-state index < -0.39 is 15.7 Å². The van der Waals surface area contributed by atoms with Crippen molar-refractivity contribution in [3.05, 3.63) is 52.5 Å². The number of aromatic amines is 1. The quantitative estimate of drug-likeness (QED) is 0.716. The Morgan fingerprint density at radius 3 is 2.35 bits per heavy atom. The van der Waals surface area contributed by atoms with Crippen molar-refractivity contribution in [3.8, 4) is 11.3 Å². The van der Waals surface area contributed by atoms with E-state index in [0.29, 0.717) is 11.1 Å². The SMILES string of the molecule is CS(=O)(=O)c1ccc(-c2cc3c(Br)ccc(C(N)=O)c3[nH]2)cc1. The van der Waals surface area contributed by atoms with Gasteiger partial charge >= 0.3 is 0 Å². The average Bonchev–Trinajstić information content (AvgIpc) is 2.92. The molecule has 2 aromatic carbocycles. The Hall–Kier alpha value is -2.12. The molecule has 0 bridgehead atoms. The van der Waals surface area contributed by atoms with E-state index in [9.17, 15) is 13.2 Å². The van der Waals surface area contributed by atoms with Gasteiger partial charge in [-0.2, -0.15) is 0 Å². The van der Waals surface area contributed by atoms with Crippen molar-refractivity contribution < 1.29 is 13.2 Å². The van der Waals surface area contributed by atoms with Crippen molar-refractivity contribution in [1.29, 1.82) is 0 Å². The summed E-state index contributed by atoms with van der Waals surface area (Å²) < 4.78 is 23.9. The van der Waals surface area contributed by atoms with Gasteiger partial charge in [-0.1, -0.05) is 28.1 Å². The first-order chi connectivity index (χ1) is 10.8. The fraction of sp³-hybridized carbons (Fsp3) is 0.0625. The highest BCUT2D eigenvalue weighted by Gasteiger charge is 2.14. The van der Waals surface area contributed by atoms with Crippen LogP contribution in [-0.4, -0.2) is 25.6 Å². The number of fused-ring (bicyclic) bond motifs is 1. The molecule has 1 amide bonds. The second-order valence-electron chi connectivity index (χ2n) is 5.23. The summed E-state index contributed by atoms with van der Waals surface area (Å²) in [5, 5.41) is 0.837. The second kappa shape index (κ2) is 5.50. The highest BCUT2D eigenvalue weighted by atomic mass is 79.9. The van der Waals surface area contributed by atoms with Crippen LogP contribution in [0.2, 0.25) is 0 Å². The van der Waals surface area contributed by atoms with Gasteiger partial charge in [0, 0.05) is 21.8 Å². The molecule has 0 spiro atoms. The summed E-state index contributed by atoms with van der Waals surface area (Å²) in [7, 11) is -3.23. The number of amides is 1. The highest BCUT2D eigenvalue weighted by Crippen LogP contribution is 2.31. The number of benzene rings is 2. The third-order valence-electron chi connectivity index (χ3n) is 3.60. The minimum absolute atomic E-state index is 0.261. The Labute approximate surface area is 141 Å². The van der Waals surface area contributed by atoms with Gasteiger partial charge in [0.1, 0.15) is 0 Å². The maximum atomic E-state index is 11.5. The van der Waals surface area contributed by atoms with Crippen molar-refractivity contribution in [2.24, 2.45) is 5.73 Å². The standard InChI is InChI=1S/C16H13BrN2O3S/c1-23(21,22)10-4-2-9(3-5-10)14-8-12-13(17)7-6-11(16(18)20)15(12)19-14/h2-8,19H,1H3,(H2,18,20). The zero-order chi connectivity index (χ0) is 16.8. The van der Waals surface area contributed by atoms with Gasteiger partial charge in [0.2, 0.25) is 0 Å². The van der Waals surface area contributed by atoms with Gasteiger partial charge in [0.05, 0.1) is 16.0 Å². The van der Waals surface area contributed by atoms with E-state index in [1.54, 1.807) is 36.4 Å². The predicted octanol–water partition coefficient (Wildman–Crippen LogP) is 3.10. The lowest BCUT2D eigenvalue weighted by Gasteiger charge is -2.01. The second-order valence-corrected chi connectivity index (χ2v) is 8.10. The Balaban J connectivity index is 2.16. The molecule has 3 rings (SSSR count). The molecule has 0 unspecified atom stereocenters. The van der Waals surface area contributed by atoms with Gasteiger partial charge in [-0.3, -0.25) is 4.79 Å². The molecular formula is C16H13BrN2O3S. The number of aromatic nitrogens is 1. The van der Waals surface area contributed by atoms with E-state index in [0.717, 1.165) is 21.1 Å². The first-order valence-electron chi connectivity index (χ1n) is 6.69. The summed E-state index contributed by atoms with van der Waals surface area (Å²) in [6.45, 7) is 0. The molecule has 0 saturated carbocycles. The fourth-order valence-corrected chi connectivity index (χ4v) is 3.50. The van der Waals surface area contributed by atoms with E-state index in [1.807, 2.05) is 6.07 Å². The van der Waals surface area contributed by atoms with Gasteiger partial charge in [0.15, 0.2) is 9.84 Å². The summed E-state index contributed by atoms with van der Waals surface area (Å²) in [4.78, 5) is 15.0. The number of hydrogen-bond donors (Lipinski definition) is 2. The molecule has 5 nitrogen and oxygen atoms in total. The maximum Gasteiger partial charge on any atom is 0.250 e. The topological polar surface area (TPSA) is 93.0 Å². The highest BCUT2D eigenvalue weighted by molar-refractivity contribution is 9.10. The van der Waals surface area contributed by atoms with Crippen molar-refractivity contribution in [2.75, 3.05) is 6.26 Å². The van der Waals surface area contributed by atoms with E-state index in [4.69, 9.17) is 5.73 Å². The molecule has 0 atom stereocenters. The zero-order valence-corrected chi connectivity index (χ0v) is 14.5. The summed E-state index contributed by atoms with van der Waals surface area (Å²) in [6.07, 6.45) is 1.17. The smallest absolute Gasteiger partial charge is 0.250 e. The normalized spacial score (nSPS) is 11.7.